The number of carbonyl (C=O) groups excluding carboxylic acids is 1. The van der Waals surface area contributed by atoms with Crippen LogP contribution in [0, 0.1) is 17.2 Å². The van der Waals surface area contributed by atoms with Crippen molar-refractivity contribution in [2.45, 2.75) is 39.3 Å². The van der Waals surface area contributed by atoms with Crippen molar-refractivity contribution < 1.29 is 13.2 Å². The Morgan fingerprint density at radius 2 is 1.86 bits per heavy atom. The normalized spacial score (nSPS) is 21.5. The number of hydrogen-bond acceptors (Lipinski definition) is 5. The quantitative estimate of drug-likeness (QED) is 0.763. The van der Waals surface area contributed by atoms with Crippen LogP contribution in [0.3, 0.4) is 0 Å². The lowest BCUT2D eigenvalue weighted by Crippen LogP contribution is -2.52. The van der Waals surface area contributed by atoms with Crippen LogP contribution in [0.2, 0.25) is 0 Å². The highest BCUT2D eigenvalue weighted by Crippen LogP contribution is 2.35. The van der Waals surface area contributed by atoms with E-state index >= 15 is 0 Å². The van der Waals surface area contributed by atoms with E-state index in [1.54, 1.807) is 12.1 Å². The highest BCUT2D eigenvalue weighted by Gasteiger charge is 2.34. The molecule has 1 aromatic rings. The van der Waals surface area contributed by atoms with Gasteiger partial charge in [-0.2, -0.15) is 5.26 Å². The van der Waals surface area contributed by atoms with Crippen molar-refractivity contribution in [1.82, 2.24) is 9.80 Å². The van der Waals surface area contributed by atoms with Crippen LogP contribution in [0.25, 0.3) is 0 Å². The van der Waals surface area contributed by atoms with Crippen molar-refractivity contribution in [3.63, 3.8) is 0 Å². The van der Waals surface area contributed by atoms with E-state index in [0.29, 0.717) is 43.9 Å². The number of sulfonamides is 1. The Kier molecular flexibility index (Phi) is 5.69. The third kappa shape index (κ3) is 3.87. The minimum atomic E-state index is -3.34. The number of amides is 1. The summed E-state index contributed by atoms with van der Waals surface area (Å²) in [5, 5.41) is 9.37. The number of nitrogens with zero attached hydrogens (tertiary/aromatic N) is 4. The number of anilines is 1. The van der Waals surface area contributed by atoms with Gasteiger partial charge in [0.15, 0.2) is 0 Å². The standard InChI is InChI=1S/C20H28N4O3S/c1-14(2)19(13-21)22-7-9-23(10-8-22)20(25)16-5-6-18-17(12-16)11-15(3)24(18)28(4,26)27/h5-6,12,14-15,19H,7-11H2,1-4H3. The zero-order valence-electron chi connectivity index (χ0n) is 16.9. The lowest BCUT2D eigenvalue weighted by atomic mass is 10.0. The van der Waals surface area contributed by atoms with Crippen LogP contribution >= 0.6 is 0 Å². The summed E-state index contributed by atoms with van der Waals surface area (Å²) in [5.74, 6) is 0.217. The second-order valence-electron chi connectivity index (χ2n) is 8.10. The lowest BCUT2D eigenvalue weighted by molar-refractivity contribution is 0.0576. The average Bonchev–Trinajstić information content (AvgIpc) is 2.97. The number of piperazine rings is 1. The Balaban J connectivity index is 1.72. The van der Waals surface area contributed by atoms with E-state index in [1.807, 2.05) is 31.7 Å². The van der Waals surface area contributed by atoms with Gasteiger partial charge in [-0.25, -0.2) is 8.42 Å². The first-order valence-corrected chi connectivity index (χ1v) is 11.5. The molecule has 2 heterocycles. The molecule has 2 aliphatic rings. The Morgan fingerprint density at radius 1 is 1.21 bits per heavy atom. The summed E-state index contributed by atoms with van der Waals surface area (Å²) in [6, 6.07) is 7.39. The predicted octanol–water partition coefficient (Wildman–Crippen LogP) is 1.70. The van der Waals surface area contributed by atoms with Gasteiger partial charge in [0.2, 0.25) is 10.0 Å². The number of carbonyl (C=O) groups is 1. The SMILES string of the molecule is CC(C)C(C#N)N1CCN(C(=O)c2ccc3c(c2)CC(C)N3S(C)(=O)=O)CC1. The van der Waals surface area contributed by atoms with E-state index in [4.69, 9.17) is 0 Å². The van der Waals surface area contributed by atoms with Crippen molar-refractivity contribution in [2.24, 2.45) is 5.92 Å². The van der Waals surface area contributed by atoms with Gasteiger partial charge in [-0.05, 0) is 43.0 Å². The molecule has 3 rings (SSSR count). The van der Waals surface area contributed by atoms with Crippen LogP contribution in [-0.4, -0.2) is 68.6 Å². The van der Waals surface area contributed by atoms with Crippen LogP contribution in [0.1, 0.15) is 36.7 Å². The van der Waals surface area contributed by atoms with Gasteiger partial charge < -0.3 is 4.90 Å². The fourth-order valence-corrected chi connectivity index (χ4v) is 5.54. The third-order valence-electron chi connectivity index (χ3n) is 5.60. The van der Waals surface area contributed by atoms with Crippen molar-refractivity contribution >= 4 is 21.6 Å². The average molecular weight is 405 g/mol. The maximum absolute atomic E-state index is 13.0. The number of rotatable bonds is 4. The van der Waals surface area contributed by atoms with Crippen molar-refractivity contribution in [3.05, 3.63) is 29.3 Å². The van der Waals surface area contributed by atoms with E-state index in [0.717, 1.165) is 5.56 Å². The Bertz CT molecular complexity index is 899. The van der Waals surface area contributed by atoms with Crippen molar-refractivity contribution in [1.29, 1.82) is 5.26 Å². The number of benzene rings is 1. The summed E-state index contributed by atoms with van der Waals surface area (Å²) in [4.78, 5) is 16.9. The fourth-order valence-electron chi connectivity index (χ4n) is 4.28. The summed E-state index contributed by atoms with van der Waals surface area (Å²) in [6.45, 7) is 8.51. The van der Waals surface area contributed by atoms with Crippen molar-refractivity contribution in [3.8, 4) is 6.07 Å². The summed E-state index contributed by atoms with van der Waals surface area (Å²) in [5.41, 5.74) is 2.16. The Morgan fingerprint density at radius 3 is 2.39 bits per heavy atom. The smallest absolute Gasteiger partial charge is 0.253 e. The molecule has 0 saturated carbocycles. The molecule has 8 heteroatoms. The molecule has 1 amide bonds. The molecule has 0 radical (unpaired) electrons. The van der Waals surface area contributed by atoms with Crippen LogP contribution in [0.5, 0.6) is 0 Å². The van der Waals surface area contributed by atoms with Gasteiger partial charge in [-0.1, -0.05) is 13.8 Å². The molecule has 2 aliphatic heterocycles. The first-order chi connectivity index (χ1) is 13.1. The summed E-state index contributed by atoms with van der Waals surface area (Å²) < 4.78 is 25.5. The number of fused-ring (bicyclic) bond motifs is 1. The maximum atomic E-state index is 13.0. The largest absolute Gasteiger partial charge is 0.336 e. The summed E-state index contributed by atoms with van der Waals surface area (Å²) >= 11 is 0. The van der Waals surface area contributed by atoms with E-state index in [1.165, 1.54) is 10.6 Å². The van der Waals surface area contributed by atoms with Gasteiger partial charge in [-0.15, -0.1) is 0 Å². The van der Waals surface area contributed by atoms with Crippen LogP contribution in [-0.2, 0) is 16.4 Å². The molecule has 1 fully saturated rings. The van der Waals surface area contributed by atoms with Crippen LogP contribution in [0.4, 0.5) is 5.69 Å². The van der Waals surface area contributed by atoms with E-state index in [2.05, 4.69) is 11.0 Å². The monoisotopic (exact) mass is 404 g/mol. The molecule has 152 valence electrons. The molecule has 1 aromatic carbocycles. The van der Waals surface area contributed by atoms with Gasteiger partial charge >= 0.3 is 0 Å². The molecule has 0 aromatic heterocycles. The first-order valence-electron chi connectivity index (χ1n) is 9.68. The summed E-state index contributed by atoms with van der Waals surface area (Å²) in [7, 11) is -3.34. The predicted molar refractivity (Wildman–Crippen MR) is 109 cm³/mol. The zero-order valence-corrected chi connectivity index (χ0v) is 17.7. The molecular formula is C20H28N4O3S. The van der Waals surface area contributed by atoms with E-state index < -0.39 is 10.0 Å². The molecule has 2 unspecified atom stereocenters. The highest BCUT2D eigenvalue weighted by molar-refractivity contribution is 7.92. The minimum Gasteiger partial charge on any atom is -0.336 e. The van der Waals surface area contributed by atoms with Crippen LogP contribution < -0.4 is 4.31 Å². The minimum absolute atomic E-state index is 0.0361. The van der Waals surface area contributed by atoms with Gasteiger partial charge in [0.05, 0.1) is 18.0 Å². The van der Waals surface area contributed by atoms with Crippen molar-refractivity contribution in [2.75, 3.05) is 36.7 Å². The van der Waals surface area contributed by atoms with E-state index in [-0.39, 0.29) is 23.9 Å². The molecule has 0 spiro atoms. The maximum Gasteiger partial charge on any atom is 0.253 e. The van der Waals surface area contributed by atoms with Gasteiger partial charge in [0.1, 0.15) is 6.04 Å². The molecule has 0 bridgehead atoms. The molecule has 7 nitrogen and oxygen atoms in total. The molecular weight excluding hydrogens is 376 g/mol. The topological polar surface area (TPSA) is 84.7 Å². The van der Waals surface area contributed by atoms with Gasteiger partial charge in [0.25, 0.3) is 5.91 Å². The van der Waals surface area contributed by atoms with E-state index in [9.17, 15) is 18.5 Å². The second-order valence-corrected chi connectivity index (χ2v) is 9.96. The molecule has 0 aliphatic carbocycles. The number of hydrogen-bond donors (Lipinski definition) is 0. The van der Waals surface area contributed by atoms with Gasteiger partial charge in [-0.3, -0.25) is 14.0 Å². The van der Waals surface area contributed by atoms with Crippen LogP contribution in [0.15, 0.2) is 18.2 Å². The lowest BCUT2D eigenvalue weighted by Gasteiger charge is -2.38. The summed E-state index contributed by atoms with van der Waals surface area (Å²) in [6.07, 6.45) is 1.82. The molecule has 28 heavy (non-hydrogen) atoms. The van der Waals surface area contributed by atoms with Gasteiger partial charge in [0, 0.05) is 37.8 Å². The molecule has 2 atom stereocenters. The second kappa shape index (κ2) is 7.72. The number of nitriles is 1. The molecule has 1 saturated heterocycles. The Hall–Kier alpha value is -2.11. The first kappa shape index (κ1) is 20.6. The zero-order chi connectivity index (χ0) is 20.6. The Labute approximate surface area is 167 Å². The highest BCUT2D eigenvalue weighted by atomic mass is 32.2. The third-order valence-corrected chi connectivity index (χ3v) is 6.87. The molecule has 0 N–H and O–H groups in total. The fraction of sp³-hybridized carbons (Fsp3) is 0.600.